The van der Waals surface area contributed by atoms with E-state index in [-0.39, 0.29) is 5.60 Å². The molecule has 1 aromatic rings. The van der Waals surface area contributed by atoms with Crippen molar-refractivity contribution in [3.8, 4) is 5.75 Å². The van der Waals surface area contributed by atoms with Gasteiger partial charge >= 0.3 is 0 Å². The van der Waals surface area contributed by atoms with E-state index in [4.69, 9.17) is 4.74 Å². The number of hydrogen-bond donors (Lipinski definition) is 1. The molecule has 1 aliphatic carbocycles. The fraction of sp³-hybridized carbons (Fsp3) is 0.647. The molecule has 1 aromatic carbocycles. The first-order valence-corrected chi connectivity index (χ1v) is 7.64. The topological polar surface area (TPSA) is 21.3 Å². The van der Waals surface area contributed by atoms with Crippen LogP contribution < -0.4 is 10.1 Å². The predicted octanol–water partition coefficient (Wildman–Crippen LogP) is 3.68. The zero-order chi connectivity index (χ0) is 13.3. The van der Waals surface area contributed by atoms with Crippen molar-refractivity contribution in [2.45, 2.75) is 58.1 Å². The van der Waals surface area contributed by atoms with Gasteiger partial charge in [-0.05, 0) is 49.9 Å². The highest BCUT2D eigenvalue weighted by molar-refractivity contribution is 5.41. The Kier molecular flexibility index (Phi) is 3.53. The molecule has 2 aliphatic rings. The summed E-state index contributed by atoms with van der Waals surface area (Å²) in [5, 5.41) is 3.57. The average molecular weight is 259 g/mol. The van der Waals surface area contributed by atoms with Crippen molar-refractivity contribution in [1.82, 2.24) is 5.32 Å². The molecule has 0 radical (unpaired) electrons. The van der Waals surface area contributed by atoms with Crippen LogP contribution in [-0.4, -0.2) is 12.1 Å². The molecule has 0 aromatic heterocycles. The second-order valence-corrected chi connectivity index (χ2v) is 6.74. The average Bonchev–Trinajstić information content (AvgIpc) is 2.59. The summed E-state index contributed by atoms with van der Waals surface area (Å²) < 4.78 is 5.91. The van der Waals surface area contributed by atoms with Crippen LogP contribution in [0.2, 0.25) is 0 Å². The highest BCUT2D eigenvalue weighted by atomic mass is 16.5. The first-order valence-electron chi connectivity index (χ1n) is 7.64. The Hall–Kier alpha value is -1.02. The SMILES string of the molecule is CC1(C)Cc2cc(CNCCC3CCC3)ccc2O1. The van der Waals surface area contributed by atoms with Gasteiger partial charge in [-0.1, -0.05) is 31.4 Å². The smallest absolute Gasteiger partial charge is 0.123 e. The molecule has 1 N–H and O–H groups in total. The van der Waals surface area contributed by atoms with Gasteiger partial charge in [-0.15, -0.1) is 0 Å². The first-order chi connectivity index (χ1) is 9.12. The van der Waals surface area contributed by atoms with Gasteiger partial charge in [0, 0.05) is 13.0 Å². The summed E-state index contributed by atoms with van der Waals surface area (Å²) in [4.78, 5) is 0. The summed E-state index contributed by atoms with van der Waals surface area (Å²) in [6.07, 6.45) is 6.73. The fourth-order valence-corrected chi connectivity index (χ4v) is 3.09. The van der Waals surface area contributed by atoms with Crippen LogP contribution in [0.25, 0.3) is 0 Å². The predicted molar refractivity (Wildman–Crippen MR) is 78.5 cm³/mol. The fourth-order valence-electron chi connectivity index (χ4n) is 3.09. The van der Waals surface area contributed by atoms with Crippen LogP contribution in [0, 0.1) is 5.92 Å². The van der Waals surface area contributed by atoms with E-state index >= 15 is 0 Å². The second-order valence-electron chi connectivity index (χ2n) is 6.74. The van der Waals surface area contributed by atoms with E-state index in [9.17, 15) is 0 Å². The lowest BCUT2D eigenvalue weighted by Crippen LogP contribution is -2.24. The molecule has 2 heteroatoms. The summed E-state index contributed by atoms with van der Waals surface area (Å²) in [6.45, 7) is 6.46. The minimum Gasteiger partial charge on any atom is -0.487 e. The molecule has 1 heterocycles. The number of hydrogen-bond acceptors (Lipinski definition) is 2. The summed E-state index contributed by atoms with van der Waals surface area (Å²) in [6, 6.07) is 6.63. The monoisotopic (exact) mass is 259 g/mol. The first kappa shape index (κ1) is 13.0. The van der Waals surface area contributed by atoms with Gasteiger partial charge in [0.25, 0.3) is 0 Å². The Balaban J connectivity index is 1.49. The molecular weight excluding hydrogens is 234 g/mol. The zero-order valence-electron chi connectivity index (χ0n) is 12.2. The number of fused-ring (bicyclic) bond motifs is 1. The number of rotatable bonds is 5. The van der Waals surface area contributed by atoms with Crippen molar-refractivity contribution in [2.75, 3.05) is 6.54 Å². The van der Waals surface area contributed by atoms with Crippen molar-refractivity contribution in [1.29, 1.82) is 0 Å². The molecule has 1 saturated carbocycles. The van der Waals surface area contributed by atoms with Crippen LogP contribution in [0.3, 0.4) is 0 Å². The largest absolute Gasteiger partial charge is 0.487 e. The molecule has 1 fully saturated rings. The van der Waals surface area contributed by atoms with Crippen molar-refractivity contribution in [3.05, 3.63) is 29.3 Å². The maximum atomic E-state index is 5.91. The standard InChI is InChI=1S/C17H25NO/c1-17(2)11-15-10-14(6-7-16(15)19-17)12-18-9-8-13-4-3-5-13/h6-7,10,13,18H,3-5,8-9,11-12H2,1-2H3. The summed E-state index contributed by atoms with van der Waals surface area (Å²) >= 11 is 0. The minimum absolute atomic E-state index is 0.0292. The quantitative estimate of drug-likeness (QED) is 0.814. The van der Waals surface area contributed by atoms with Gasteiger partial charge in [0.1, 0.15) is 11.4 Å². The van der Waals surface area contributed by atoms with E-state index < -0.39 is 0 Å². The third kappa shape index (κ3) is 3.11. The van der Waals surface area contributed by atoms with Gasteiger partial charge < -0.3 is 10.1 Å². The van der Waals surface area contributed by atoms with Crippen LogP contribution in [0.15, 0.2) is 18.2 Å². The minimum atomic E-state index is -0.0292. The summed E-state index contributed by atoms with van der Waals surface area (Å²) in [7, 11) is 0. The van der Waals surface area contributed by atoms with Gasteiger partial charge in [0.05, 0.1) is 0 Å². The van der Waals surface area contributed by atoms with E-state index in [2.05, 4.69) is 37.4 Å². The maximum absolute atomic E-state index is 5.91. The third-order valence-electron chi connectivity index (χ3n) is 4.41. The van der Waals surface area contributed by atoms with Crippen LogP contribution >= 0.6 is 0 Å². The molecule has 3 rings (SSSR count). The summed E-state index contributed by atoms with van der Waals surface area (Å²) in [5.41, 5.74) is 2.72. The van der Waals surface area contributed by atoms with Crippen LogP contribution in [-0.2, 0) is 13.0 Å². The molecule has 104 valence electrons. The van der Waals surface area contributed by atoms with Crippen LogP contribution in [0.5, 0.6) is 5.75 Å². The van der Waals surface area contributed by atoms with Gasteiger partial charge in [-0.3, -0.25) is 0 Å². The zero-order valence-corrected chi connectivity index (χ0v) is 12.2. The maximum Gasteiger partial charge on any atom is 0.123 e. The highest BCUT2D eigenvalue weighted by Gasteiger charge is 2.29. The van der Waals surface area contributed by atoms with Crippen molar-refractivity contribution >= 4 is 0 Å². The molecule has 2 nitrogen and oxygen atoms in total. The molecule has 0 atom stereocenters. The van der Waals surface area contributed by atoms with E-state index in [0.29, 0.717) is 0 Å². The van der Waals surface area contributed by atoms with Gasteiger partial charge in [0.2, 0.25) is 0 Å². The number of ether oxygens (including phenoxy) is 1. The van der Waals surface area contributed by atoms with E-state index in [1.54, 1.807) is 0 Å². The van der Waals surface area contributed by atoms with Crippen molar-refractivity contribution < 1.29 is 4.74 Å². The van der Waals surface area contributed by atoms with Gasteiger partial charge in [0.15, 0.2) is 0 Å². The Morgan fingerprint density at radius 3 is 2.89 bits per heavy atom. The molecule has 19 heavy (non-hydrogen) atoms. The Bertz CT molecular complexity index is 449. The molecular formula is C17H25NO. The number of benzene rings is 1. The van der Waals surface area contributed by atoms with Crippen molar-refractivity contribution in [3.63, 3.8) is 0 Å². The Labute approximate surface area is 116 Å². The van der Waals surface area contributed by atoms with Gasteiger partial charge in [-0.25, -0.2) is 0 Å². The molecule has 0 unspecified atom stereocenters. The van der Waals surface area contributed by atoms with E-state index in [1.807, 2.05) is 0 Å². The van der Waals surface area contributed by atoms with Crippen LogP contribution in [0.4, 0.5) is 0 Å². The van der Waals surface area contributed by atoms with Crippen molar-refractivity contribution in [2.24, 2.45) is 5.92 Å². The Morgan fingerprint density at radius 1 is 1.32 bits per heavy atom. The second kappa shape index (κ2) is 5.16. The molecule has 0 saturated heterocycles. The molecule has 0 spiro atoms. The van der Waals surface area contributed by atoms with Crippen LogP contribution in [0.1, 0.15) is 50.7 Å². The lowest BCUT2D eigenvalue weighted by Gasteiger charge is -2.25. The lowest BCUT2D eigenvalue weighted by molar-refractivity contribution is 0.138. The normalized spacial score (nSPS) is 20.7. The number of nitrogens with one attached hydrogen (secondary N) is 1. The molecule has 0 amide bonds. The highest BCUT2D eigenvalue weighted by Crippen LogP contribution is 2.35. The Morgan fingerprint density at radius 2 is 2.16 bits per heavy atom. The third-order valence-corrected chi connectivity index (χ3v) is 4.41. The molecule has 1 aliphatic heterocycles. The lowest BCUT2D eigenvalue weighted by atomic mass is 9.83. The van der Waals surface area contributed by atoms with E-state index in [1.165, 1.54) is 36.8 Å². The molecule has 0 bridgehead atoms. The van der Waals surface area contributed by atoms with Gasteiger partial charge in [-0.2, -0.15) is 0 Å². The summed E-state index contributed by atoms with van der Waals surface area (Å²) in [5.74, 6) is 2.07. The van der Waals surface area contributed by atoms with E-state index in [0.717, 1.165) is 31.2 Å².